The number of para-hydroxylation sites is 2. The van der Waals surface area contributed by atoms with E-state index < -0.39 is 0 Å². The van der Waals surface area contributed by atoms with Crippen molar-refractivity contribution in [3.63, 3.8) is 0 Å². The van der Waals surface area contributed by atoms with Gasteiger partial charge >= 0.3 is 0 Å². The van der Waals surface area contributed by atoms with Crippen molar-refractivity contribution in [2.75, 3.05) is 6.61 Å². The fourth-order valence-corrected chi connectivity index (χ4v) is 2.77. The molecular weight excluding hydrogens is 302 g/mol. The van der Waals surface area contributed by atoms with E-state index in [1.165, 1.54) is 5.56 Å². The molecule has 0 aliphatic carbocycles. The first-order valence-electron chi connectivity index (χ1n) is 8.01. The smallest absolute Gasteiger partial charge is 0.207 e. The first-order chi connectivity index (χ1) is 11.7. The van der Waals surface area contributed by atoms with E-state index in [1.807, 2.05) is 36.4 Å². The second kappa shape index (κ2) is 7.17. The van der Waals surface area contributed by atoms with Crippen LogP contribution in [0.3, 0.4) is 0 Å². The molecule has 1 N–H and O–H groups in total. The van der Waals surface area contributed by atoms with Gasteiger partial charge in [0.15, 0.2) is 0 Å². The maximum atomic E-state index is 10.6. The van der Waals surface area contributed by atoms with Gasteiger partial charge in [-0.1, -0.05) is 24.3 Å². The van der Waals surface area contributed by atoms with Crippen molar-refractivity contribution in [2.24, 2.45) is 0 Å². The lowest BCUT2D eigenvalue weighted by Crippen LogP contribution is -2.17. The molecule has 24 heavy (non-hydrogen) atoms. The van der Waals surface area contributed by atoms with Gasteiger partial charge in [-0.15, -0.1) is 0 Å². The average molecular weight is 323 g/mol. The molecule has 2 aromatic carbocycles. The van der Waals surface area contributed by atoms with Gasteiger partial charge in [-0.25, -0.2) is 4.98 Å². The number of imidazole rings is 1. The highest BCUT2D eigenvalue weighted by Gasteiger charge is 2.10. The predicted octanol–water partition coefficient (Wildman–Crippen LogP) is 2.98. The number of nitrogens with one attached hydrogen (secondary N) is 1. The first-order valence-corrected chi connectivity index (χ1v) is 8.01. The number of amides is 1. The third-order valence-electron chi connectivity index (χ3n) is 4.20. The SMILES string of the molecule is Cc1cccc(OCCn2c(CNC=O)nc3ccccc32)c1C. The van der Waals surface area contributed by atoms with Crippen molar-refractivity contribution in [1.29, 1.82) is 0 Å². The zero-order valence-corrected chi connectivity index (χ0v) is 14.0. The highest BCUT2D eigenvalue weighted by molar-refractivity contribution is 5.75. The van der Waals surface area contributed by atoms with Crippen LogP contribution in [0.5, 0.6) is 5.75 Å². The number of aromatic nitrogens is 2. The number of carbonyl (C=O) groups is 1. The summed E-state index contributed by atoms with van der Waals surface area (Å²) in [6.07, 6.45) is 0.691. The summed E-state index contributed by atoms with van der Waals surface area (Å²) in [5.74, 6) is 1.74. The number of hydrogen-bond acceptors (Lipinski definition) is 3. The Bertz CT molecular complexity index is 855. The molecule has 0 spiro atoms. The lowest BCUT2D eigenvalue weighted by molar-refractivity contribution is -0.109. The Kier molecular flexibility index (Phi) is 4.79. The van der Waals surface area contributed by atoms with Crippen LogP contribution in [0.2, 0.25) is 0 Å². The molecule has 5 nitrogen and oxygen atoms in total. The van der Waals surface area contributed by atoms with Crippen LogP contribution in [0, 0.1) is 13.8 Å². The maximum Gasteiger partial charge on any atom is 0.207 e. The van der Waals surface area contributed by atoms with Crippen molar-refractivity contribution < 1.29 is 9.53 Å². The van der Waals surface area contributed by atoms with E-state index in [0.717, 1.165) is 28.2 Å². The van der Waals surface area contributed by atoms with Crippen molar-refractivity contribution in [3.8, 4) is 5.75 Å². The van der Waals surface area contributed by atoms with E-state index in [1.54, 1.807) is 0 Å². The minimum absolute atomic E-state index is 0.404. The number of nitrogens with zero attached hydrogens (tertiary/aromatic N) is 2. The van der Waals surface area contributed by atoms with E-state index in [9.17, 15) is 4.79 Å². The van der Waals surface area contributed by atoms with Gasteiger partial charge in [0.1, 0.15) is 18.2 Å². The number of fused-ring (bicyclic) bond motifs is 1. The molecule has 0 fully saturated rings. The molecule has 0 bridgehead atoms. The van der Waals surface area contributed by atoms with E-state index in [2.05, 4.69) is 34.8 Å². The third kappa shape index (κ3) is 3.25. The van der Waals surface area contributed by atoms with Gasteiger partial charge in [0, 0.05) is 0 Å². The van der Waals surface area contributed by atoms with Gasteiger partial charge < -0.3 is 14.6 Å². The molecule has 3 aromatic rings. The molecule has 0 saturated heterocycles. The number of ether oxygens (including phenoxy) is 1. The second-order valence-electron chi connectivity index (χ2n) is 5.71. The number of hydrogen-bond donors (Lipinski definition) is 1. The van der Waals surface area contributed by atoms with Crippen molar-refractivity contribution in [1.82, 2.24) is 14.9 Å². The molecule has 0 aliphatic rings. The number of aryl methyl sites for hydroxylation is 1. The summed E-state index contributed by atoms with van der Waals surface area (Å²) >= 11 is 0. The number of carbonyl (C=O) groups excluding carboxylic acids is 1. The average Bonchev–Trinajstić information content (AvgIpc) is 2.94. The van der Waals surface area contributed by atoms with E-state index in [0.29, 0.717) is 26.1 Å². The molecule has 3 rings (SSSR count). The summed E-state index contributed by atoms with van der Waals surface area (Å²) in [5.41, 5.74) is 4.35. The van der Waals surface area contributed by atoms with Crippen molar-refractivity contribution in [2.45, 2.75) is 26.9 Å². The fourth-order valence-electron chi connectivity index (χ4n) is 2.77. The Hall–Kier alpha value is -2.82. The van der Waals surface area contributed by atoms with Crippen LogP contribution in [0.25, 0.3) is 11.0 Å². The quantitative estimate of drug-likeness (QED) is 0.680. The lowest BCUT2D eigenvalue weighted by atomic mass is 10.1. The van der Waals surface area contributed by atoms with E-state index in [-0.39, 0.29) is 0 Å². The third-order valence-corrected chi connectivity index (χ3v) is 4.20. The minimum Gasteiger partial charge on any atom is -0.491 e. The van der Waals surface area contributed by atoms with E-state index in [4.69, 9.17) is 4.74 Å². The Morgan fingerprint density at radius 3 is 2.83 bits per heavy atom. The van der Waals surface area contributed by atoms with Crippen LogP contribution in [-0.4, -0.2) is 22.6 Å². The Labute approximate surface area is 141 Å². The number of benzene rings is 2. The van der Waals surface area contributed by atoms with Crippen LogP contribution in [0.15, 0.2) is 42.5 Å². The van der Waals surface area contributed by atoms with Crippen LogP contribution in [-0.2, 0) is 17.9 Å². The van der Waals surface area contributed by atoms with Crippen LogP contribution < -0.4 is 10.1 Å². The Morgan fingerprint density at radius 1 is 1.17 bits per heavy atom. The van der Waals surface area contributed by atoms with Gasteiger partial charge in [-0.2, -0.15) is 0 Å². The maximum absolute atomic E-state index is 10.6. The Morgan fingerprint density at radius 2 is 2.00 bits per heavy atom. The van der Waals surface area contributed by atoms with Crippen LogP contribution in [0.1, 0.15) is 17.0 Å². The largest absolute Gasteiger partial charge is 0.491 e. The Balaban J connectivity index is 1.78. The highest BCUT2D eigenvalue weighted by Crippen LogP contribution is 2.21. The molecule has 5 heteroatoms. The second-order valence-corrected chi connectivity index (χ2v) is 5.71. The molecule has 0 atom stereocenters. The lowest BCUT2D eigenvalue weighted by Gasteiger charge is -2.13. The molecule has 124 valence electrons. The standard InChI is InChI=1S/C19H21N3O2/c1-14-6-5-9-18(15(14)2)24-11-10-22-17-8-4-3-7-16(17)21-19(22)12-20-13-23/h3-9,13H,10-12H2,1-2H3,(H,20,23). The van der Waals surface area contributed by atoms with Gasteiger partial charge in [-0.05, 0) is 43.2 Å². The zero-order valence-electron chi connectivity index (χ0n) is 14.0. The molecule has 0 radical (unpaired) electrons. The summed E-state index contributed by atoms with van der Waals surface area (Å²) in [6.45, 7) is 5.76. The first kappa shape index (κ1) is 16.1. The molecular formula is C19H21N3O2. The number of rotatable bonds is 7. The summed E-state index contributed by atoms with van der Waals surface area (Å²) < 4.78 is 8.05. The molecule has 0 unspecified atom stereocenters. The normalized spacial score (nSPS) is 10.8. The molecule has 0 aliphatic heterocycles. The van der Waals surface area contributed by atoms with Crippen LogP contribution >= 0.6 is 0 Å². The summed E-state index contributed by atoms with van der Waals surface area (Å²) in [6, 6.07) is 14.0. The van der Waals surface area contributed by atoms with Gasteiger partial charge in [0.05, 0.1) is 24.1 Å². The zero-order chi connectivity index (χ0) is 16.9. The monoisotopic (exact) mass is 323 g/mol. The summed E-state index contributed by atoms with van der Waals surface area (Å²) in [5, 5.41) is 2.69. The predicted molar refractivity (Wildman–Crippen MR) is 94.0 cm³/mol. The molecule has 1 amide bonds. The summed E-state index contributed by atoms with van der Waals surface area (Å²) in [7, 11) is 0. The molecule has 1 aromatic heterocycles. The topological polar surface area (TPSA) is 56.1 Å². The highest BCUT2D eigenvalue weighted by atomic mass is 16.5. The van der Waals surface area contributed by atoms with E-state index >= 15 is 0 Å². The minimum atomic E-state index is 0.404. The molecule has 0 saturated carbocycles. The van der Waals surface area contributed by atoms with Gasteiger partial charge in [-0.3, -0.25) is 4.79 Å². The van der Waals surface area contributed by atoms with Crippen molar-refractivity contribution >= 4 is 17.4 Å². The van der Waals surface area contributed by atoms with Gasteiger partial charge in [0.25, 0.3) is 0 Å². The van der Waals surface area contributed by atoms with Crippen LogP contribution in [0.4, 0.5) is 0 Å². The summed E-state index contributed by atoms with van der Waals surface area (Å²) in [4.78, 5) is 15.2. The van der Waals surface area contributed by atoms with Gasteiger partial charge in [0.2, 0.25) is 6.41 Å². The molecule has 1 heterocycles. The fraction of sp³-hybridized carbons (Fsp3) is 0.263. The van der Waals surface area contributed by atoms with Crippen molar-refractivity contribution in [3.05, 3.63) is 59.4 Å².